The summed E-state index contributed by atoms with van der Waals surface area (Å²) in [7, 11) is 1.36. The minimum absolute atomic E-state index is 0.182. The van der Waals surface area contributed by atoms with Crippen molar-refractivity contribution in [2.24, 2.45) is 5.92 Å². The lowest BCUT2D eigenvalue weighted by Gasteiger charge is -2.21. The third kappa shape index (κ3) is 4.27. The van der Waals surface area contributed by atoms with Gasteiger partial charge in [0.2, 0.25) is 0 Å². The van der Waals surface area contributed by atoms with Gasteiger partial charge in [-0.1, -0.05) is 25.2 Å². The van der Waals surface area contributed by atoms with Crippen LogP contribution in [0.25, 0.3) is 0 Å². The molecule has 0 aliphatic rings. The number of ether oxygens (including phenoxy) is 2. The van der Waals surface area contributed by atoms with Crippen molar-refractivity contribution in [1.82, 2.24) is 4.98 Å². The highest BCUT2D eigenvalue weighted by Gasteiger charge is 2.16. The quantitative estimate of drug-likeness (QED) is 0.772. The Labute approximate surface area is 112 Å². The highest BCUT2D eigenvalue weighted by atomic mass is 32.1. The van der Waals surface area contributed by atoms with Crippen LogP contribution >= 0.6 is 11.3 Å². The molecule has 18 heavy (non-hydrogen) atoms. The molecule has 0 aliphatic carbocycles. The van der Waals surface area contributed by atoms with Crippen molar-refractivity contribution < 1.29 is 14.3 Å². The molecule has 5 nitrogen and oxygen atoms in total. The standard InChI is InChI=1S/C12H20N2O3S/c1-5-17-7-9(8(2)3)14-12-13-6-10(18-12)11(15)16-4/h6,8-9H,5,7H2,1-4H3,(H,13,14). The second-order valence-electron chi connectivity index (χ2n) is 4.18. The van der Waals surface area contributed by atoms with Crippen LogP contribution in [0.4, 0.5) is 5.13 Å². The number of nitrogens with zero attached hydrogens (tertiary/aromatic N) is 1. The van der Waals surface area contributed by atoms with E-state index in [2.05, 4.69) is 28.9 Å². The van der Waals surface area contributed by atoms with Crippen LogP contribution in [-0.4, -0.2) is 37.3 Å². The minimum Gasteiger partial charge on any atom is -0.465 e. The van der Waals surface area contributed by atoms with Crippen molar-refractivity contribution in [2.45, 2.75) is 26.8 Å². The Morgan fingerprint density at radius 1 is 1.56 bits per heavy atom. The van der Waals surface area contributed by atoms with Gasteiger partial charge in [0, 0.05) is 6.61 Å². The maximum absolute atomic E-state index is 11.3. The number of carbonyl (C=O) groups is 1. The molecule has 1 aromatic rings. The van der Waals surface area contributed by atoms with Crippen molar-refractivity contribution in [3.8, 4) is 0 Å². The molecule has 0 amide bonds. The van der Waals surface area contributed by atoms with E-state index in [0.717, 1.165) is 0 Å². The first-order valence-corrected chi connectivity index (χ1v) is 6.78. The lowest BCUT2D eigenvalue weighted by atomic mass is 10.1. The first-order chi connectivity index (χ1) is 8.58. The van der Waals surface area contributed by atoms with Crippen LogP contribution in [0.3, 0.4) is 0 Å². The van der Waals surface area contributed by atoms with Gasteiger partial charge in [-0.3, -0.25) is 0 Å². The monoisotopic (exact) mass is 272 g/mol. The maximum atomic E-state index is 11.3. The Bertz CT molecular complexity index is 379. The predicted molar refractivity (Wildman–Crippen MR) is 72.2 cm³/mol. The summed E-state index contributed by atoms with van der Waals surface area (Å²) in [6, 6.07) is 0.182. The minimum atomic E-state index is -0.355. The molecule has 1 unspecified atom stereocenters. The molecular formula is C12H20N2O3S. The van der Waals surface area contributed by atoms with E-state index in [4.69, 9.17) is 4.74 Å². The average molecular weight is 272 g/mol. The molecule has 1 aromatic heterocycles. The molecule has 1 heterocycles. The molecule has 6 heteroatoms. The topological polar surface area (TPSA) is 60.5 Å². The summed E-state index contributed by atoms with van der Waals surface area (Å²) in [5.41, 5.74) is 0. The maximum Gasteiger partial charge on any atom is 0.349 e. The van der Waals surface area contributed by atoms with Crippen molar-refractivity contribution in [3.05, 3.63) is 11.1 Å². The summed E-state index contributed by atoms with van der Waals surface area (Å²) in [6.45, 7) is 7.52. The lowest BCUT2D eigenvalue weighted by Crippen LogP contribution is -2.30. The molecule has 0 aromatic carbocycles. The van der Waals surface area contributed by atoms with Gasteiger partial charge in [-0.2, -0.15) is 0 Å². The van der Waals surface area contributed by atoms with E-state index in [1.807, 2.05) is 6.92 Å². The van der Waals surface area contributed by atoms with Gasteiger partial charge in [0.25, 0.3) is 0 Å². The van der Waals surface area contributed by atoms with Crippen LogP contribution < -0.4 is 5.32 Å². The van der Waals surface area contributed by atoms with Gasteiger partial charge >= 0.3 is 5.97 Å². The zero-order valence-electron chi connectivity index (χ0n) is 11.2. The lowest BCUT2D eigenvalue weighted by molar-refractivity contribution is 0.0606. The Hall–Kier alpha value is -1.14. The van der Waals surface area contributed by atoms with E-state index in [9.17, 15) is 4.79 Å². The Morgan fingerprint density at radius 3 is 2.83 bits per heavy atom. The Morgan fingerprint density at radius 2 is 2.28 bits per heavy atom. The van der Waals surface area contributed by atoms with E-state index in [1.165, 1.54) is 24.6 Å². The van der Waals surface area contributed by atoms with Crippen molar-refractivity contribution in [1.29, 1.82) is 0 Å². The van der Waals surface area contributed by atoms with Gasteiger partial charge in [-0.25, -0.2) is 9.78 Å². The predicted octanol–water partition coefficient (Wildman–Crippen LogP) is 2.40. The Kier molecular flexibility index (Phi) is 6.07. The summed E-state index contributed by atoms with van der Waals surface area (Å²) < 4.78 is 10.1. The zero-order chi connectivity index (χ0) is 13.5. The van der Waals surface area contributed by atoms with Crippen LogP contribution in [0.5, 0.6) is 0 Å². The molecule has 0 aliphatic heterocycles. The first kappa shape index (κ1) is 14.9. The summed E-state index contributed by atoms with van der Waals surface area (Å²) in [4.78, 5) is 16.0. The highest BCUT2D eigenvalue weighted by molar-refractivity contribution is 7.17. The number of anilines is 1. The molecule has 0 bridgehead atoms. The van der Waals surface area contributed by atoms with Crippen LogP contribution in [0, 0.1) is 5.92 Å². The molecule has 102 valence electrons. The van der Waals surface area contributed by atoms with E-state index < -0.39 is 0 Å². The second kappa shape index (κ2) is 7.33. The first-order valence-electron chi connectivity index (χ1n) is 5.96. The van der Waals surface area contributed by atoms with Gasteiger partial charge in [-0.15, -0.1) is 0 Å². The molecule has 0 radical (unpaired) electrons. The largest absolute Gasteiger partial charge is 0.465 e. The van der Waals surface area contributed by atoms with Crippen LogP contribution in [-0.2, 0) is 9.47 Å². The zero-order valence-corrected chi connectivity index (χ0v) is 12.0. The number of hydrogen-bond acceptors (Lipinski definition) is 6. The number of aromatic nitrogens is 1. The van der Waals surface area contributed by atoms with Gasteiger partial charge < -0.3 is 14.8 Å². The highest BCUT2D eigenvalue weighted by Crippen LogP contribution is 2.21. The third-order valence-corrected chi connectivity index (χ3v) is 3.42. The van der Waals surface area contributed by atoms with E-state index in [-0.39, 0.29) is 12.0 Å². The smallest absolute Gasteiger partial charge is 0.349 e. The van der Waals surface area contributed by atoms with E-state index >= 15 is 0 Å². The fourth-order valence-corrected chi connectivity index (χ4v) is 2.14. The molecule has 1 N–H and O–H groups in total. The SMILES string of the molecule is CCOCC(Nc1ncc(C(=O)OC)s1)C(C)C. The molecule has 0 saturated carbocycles. The molecule has 1 atom stereocenters. The van der Waals surface area contributed by atoms with Crippen LogP contribution in [0.1, 0.15) is 30.4 Å². The van der Waals surface area contributed by atoms with E-state index in [1.54, 1.807) is 0 Å². The van der Waals surface area contributed by atoms with Gasteiger partial charge in [0.15, 0.2) is 5.13 Å². The van der Waals surface area contributed by atoms with Gasteiger partial charge in [0.05, 0.1) is 26.0 Å². The van der Waals surface area contributed by atoms with Crippen LogP contribution in [0.2, 0.25) is 0 Å². The molecule has 0 spiro atoms. The van der Waals surface area contributed by atoms with E-state index in [0.29, 0.717) is 29.1 Å². The summed E-state index contributed by atoms with van der Waals surface area (Å²) >= 11 is 1.29. The molecule has 0 fully saturated rings. The number of rotatable bonds is 7. The summed E-state index contributed by atoms with van der Waals surface area (Å²) in [5, 5.41) is 4.00. The summed E-state index contributed by atoms with van der Waals surface area (Å²) in [5.74, 6) is 0.0634. The second-order valence-corrected chi connectivity index (χ2v) is 5.21. The molecular weight excluding hydrogens is 252 g/mol. The number of methoxy groups -OCH3 is 1. The third-order valence-electron chi connectivity index (χ3n) is 2.51. The normalized spacial score (nSPS) is 12.5. The van der Waals surface area contributed by atoms with Gasteiger partial charge in [-0.05, 0) is 12.8 Å². The molecule has 1 rings (SSSR count). The summed E-state index contributed by atoms with van der Waals surface area (Å²) in [6.07, 6.45) is 1.52. The number of nitrogens with one attached hydrogen (secondary N) is 1. The van der Waals surface area contributed by atoms with Crippen molar-refractivity contribution in [2.75, 3.05) is 25.6 Å². The number of esters is 1. The fraction of sp³-hybridized carbons (Fsp3) is 0.667. The Balaban J connectivity index is 2.63. The number of carbonyl (C=O) groups excluding carboxylic acids is 1. The van der Waals surface area contributed by atoms with Crippen molar-refractivity contribution in [3.63, 3.8) is 0 Å². The fourth-order valence-electron chi connectivity index (χ4n) is 1.34. The number of thiazole rings is 1. The number of hydrogen-bond donors (Lipinski definition) is 1. The van der Waals surface area contributed by atoms with Crippen LogP contribution in [0.15, 0.2) is 6.20 Å². The average Bonchev–Trinajstić information content (AvgIpc) is 2.81. The van der Waals surface area contributed by atoms with Crippen molar-refractivity contribution >= 4 is 22.4 Å². The molecule has 0 saturated heterocycles. The van der Waals surface area contributed by atoms with Gasteiger partial charge in [0.1, 0.15) is 4.88 Å².